The second-order valence-corrected chi connectivity index (χ2v) is 29.6. The van der Waals surface area contributed by atoms with Crippen LogP contribution in [0.15, 0.2) is 58.2 Å². The molecule has 1 N–H and O–H groups in total. The van der Waals surface area contributed by atoms with Crippen LogP contribution in [0.5, 0.6) is 0 Å². The number of carbonyl (C=O) groups excluding carboxylic acids is 3. The summed E-state index contributed by atoms with van der Waals surface area (Å²) in [6, 6.07) is -1.01. The Morgan fingerprint density at radius 3 is 1.97 bits per heavy atom. The average Bonchev–Trinajstić information content (AvgIpc) is 1.70. The minimum absolute atomic E-state index is 0.0379. The molecular formula is C70H106N2O17. The highest BCUT2D eigenvalue weighted by Crippen LogP contribution is 2.60. The molecule has 0 aromatic carbocycles. The van der Waals surface area contributed by atoms with E-state index in [4.69, 9.17) is 56.8 Å². The van der Waals surface area contributed by atoms with Crippen LogP contribution in [0.2, 0.25) is 0 Å². The van der Waals surface area contributed by atoms with E-state index in [2.05, 4.69) is 112 Å². The van der Waals surface area contributed by atoms with E-state index in [1.165, 1.54) is 14.0 Å². The first-order valence-electron chi connectivity index (χ1n) is 33.7. The molecule has 10 rings (SSSR count). The number of ether oxygens (including phenoxy) is 12. The molecule has 89 heavy (non-hydrogen) atoms. The van der Waals surface area contributed by atoms with E-state index in [0.29, 0.717) is 43.6 Å². The Kier molecular flexibility index (Phi) is 20.5. The van der Waals surface area contributed by atoms with Crippen molar-refractivity contribution in [2.24, 2.45) is 64.6 Å². The van der Waals surface area contributed by atoms with Gasteiger partial charge < -0.3 is 62.2 Å². The normalized spacial score (nSPS) is 49.1. The van der Waals surface area contributed by atoms with Crippen LogP contribution in [0.3, 0.4) is 0 Å². The van der Waals surface area contributed by atoms with Crippen molar-refractivity contribution in [1.82, 2.24) is 5.32 Å². The first kappa shape index (κ1) is 68.0. The average molecular weight is 1250 g/mol. The third-order valence-electron chi connectivity index (χ3n) is 23.3. The van der Waals surface area contributed by atoms with Crippen LogP contribution in [-0.2, 0) is 66.4 Å². The van der Waals surface area contributed by atoms with Crippen LogP contribution in [0.1, 0.15) is 182 Å². The van der Waals surface area contributed by atoms with Crippen LogP contribution in [0, 0.1) is 74.7 Å². The number of methoxy groups -OCH3 is 1. The van der Waals surface area contributed by atoms with Crippen molar-refractivity contribution in [2.45, 2.75) is 292 Å². The summed E-state index contributed by atoms with van der Waals surface area (Å²) in [5.74, 6) is -1.35. The number of amides is 1. The molecule has 6 aliphatic heterocycles. The zero-order valence-corrected chi connectivity index (χ0v) is 56.4. The summed E-state index contributed by atoms with van der Waals surface area (Å²) in [6.07, 6.45) is 10.7. The number of nitrogens with zero attached hydrogens (tertiary/aromatic N) is 1. The van der Waals surface area contributed by atoms with Gasteiger partial charge in [0.1, 0.15) is 17.2 Å². The van der Waals surface area contributed by atoms with Crippen molar-refractivity contribution in [3.05, 3.63) is 68.4 Å². The molecule has 1 saturated carbocycles. The van der Waals surface area contributed by atoms with Crippen molar-refractivity contribution in [3.63, 3.8) is 0 Å². The summed E-state index contributed by atoms with van der Waals surface area (Å²) in [5, 5.41) is 15.6. The molecule has 10 aliphatic rings. The summed E-state index contributed by atoms with van der Waals surface area (Å²) in [7, 11) is 1.21. The highest BCUT2D eigenvalue weighted by molar-refractivity contribution is 6.22. The topological polar surface area (TPSA) is 217 Å². The van der Waals surface area contributed by atoms with Crippen LogP contribution in [-0.4, -0.2) is 140 Å². The van der Waals surface area contributed by atoms with E-state index in [1.54, 1.807) is 6.92 Å². The monoisotopic (exact) mass is 1250 g/mol. The number of rotatable bonds is 12. The molecule has 4 aliphatic carbocycles. The van der Waals surface area contributed by atoms with Gasteiger partial charge in [-0.3, -0.25) is 14.9 Å². The van der Waals surface area contributed by atoms with Crippen molar-refractivity contribution in [1.29, 1.82) is 0 Å². The van der Waals surface area contributed by atoms with Gasteiger partial charge in [-0.15, -0.1) is 0 Å². The molecule has 2 bridgehead atoms. The number of fused-ring (bicyclic) bond motifs is 3. The number of nitro groups is 1. The van der Waals surface area contributed by atoms with Crippen LogP contribution < -0.4 is 5.32 Å². The first-order valence-corrected chi connectivity index (χ1v) is 33.7. The van der Waals surface area contributed by atoms with E-state index in [1.807, 2.05) is 27.7 Å². The largest absolute Gasteiger partial charge is 0.453 e. The lowest BCUT2D eigenvalue weighted by atomic mass is 9.48. The molecule has 498 valence electrons. The zero-order valence-electron chi connectivity index (χ0n) is 56.4. The molecule has 19 heteroatoms. The molecule has 5 saturated heterocycles. The highest BCUT2D eigenvalue weighted by Gasteiger charge is 2.63. The Morgan fingerprint density at radius 1 is 0.652 bits per heavy atom. The van der Waals surface area contributed by atoms with Crippen LogP contribution in [0.25, 0.3) is 0 Å². The summed E-state index contributed by atoms with van der Waals surface area (Å²) in [5.41, 5.74) is -0.407. The number of Topliss-reactive ketones (excluding diaryl/α,β-unsaturated/α-hetero) is 1. The number of carbonyl (C=O) groups is 3. The molecule has 0 aromatic heterocycles. The fourth-order valence-corrected chi connectivity index (χ4v) is 17.9. The van der Waals surface area contributed by atoms with Gasteiger partial charge in [0.2, 0.25) is 5.54 Å². The van der Waals surface area contributed by atoms with Gasteiger partial charge in [-0.2, -0.15) is 0 Å². The molecule has 0 radical (unpaired) electrons. The fourth-order valence-electron chi connectivity index (χ4n) is 17.9. The smallest absolute Gasteiger partial charge is 0.407 e. The highest BCUT2D eigenvalue weighted by atomic mass is 16.7. The minimum atomic E-state index is -1.67. The van der Waals surface area contributed by atoms with Gasteiger partial charge in [-0.1, -0.05) is 90.0 Å². The Morgan fingerprint density at radius 2 is 1.28 bits per heavy atom. The summed E-state index contributed by atoms with van der Waals surface area (Å²) in [6.45, 7) is 34.7. The number of nitrogens with one attached hydrogen (secondary N) is 1. The Bertz CT molecular complexity index is 2770. The molecule has 29 atom stereocenters. The third-order valence-corrected chi connectivity index (χ3v) is 23.3. The first-order chi connectivity index (χ1) is 42.0. The van der Waals surface area contributed by atoms with Gasteiger partial charge in [-0.05, 0) is 141 Å². The molecule has 19 nitrogen and oxygen atoms in total. The predicted octanol–water partition coefficient (Wildman–Crippen LogP) is 12.2. The van der Waals surface area contributed by atoms with Crippen LogP contribution >= 0.6 is 0 Å². The van der Waals surface area contributed by atoms with E-state index < -0.39 is 71.7 Å². The number of ketones is 1. The number of alkyl carbamates (subject to hydrolysis) is 1. The van der Waals surface area contributed by atoms with E-state index in [-0.39, 0.29) is 131 Å². The van der Waals surface area contributed by atoms with Crippen molar-refractivity contribution < 1.29 is 76.1 Å². The SMILES string of the molecule is COC(=O)NC1C(C)OC(OC2C/C=C(\C)C3C=CC4C(OC5CC(OC6CCC(OC7CC(C)C(OC8CCC(C)C(C)O8)C(C)O7)C(C)O6)C(C)C(C)O5)C(C)CC(C)C4C3(C)C(=O)C3=C(C)C4(CC(C)=CC(C)C4/C=C/2C)OC3=O)CC1(C)[N+](=O)[O-]. The van der Waals surface area contributed by atoms with Crippen LogP contribution in [0.4, 0.5) is 4.79 Å². The maximum absolute atomic E-state index is 16.4. The van der Waals surface area contributed by atoms with Gasteiger partial charge in [0.25, 0.3) is 0 Å². The number of hydrogen-bond acceptors (Lipinski definition) is 17. The van der Waals surface area contributed by atoms with Gasteiger partial charge >= 0.3 is 12.1 Å². The maximum Gasteiger partial charge on any atom is 0.407 e. The van der Waals surface area contributed by atoms with Crippen molar-refractivity contribution in [2.75, 3.05) is 7.11 Å². The molecule has 29 unspecified atom stereocenters. The lowest BCUT2D eigenvalue weighted by Gasteiger charge is -2.56. The molecule has 1 amide bonds. The summed E-state index contributed by atoms with van der Waals surface area (Å²) >= 11 is 0. The second kappa shape index (κ2) is 26.8. The predicted molar refractivity (Wildman–Crippen MR) is 331 cm³/mol. The van der Waals surface area contributed by atoms with Crippen molar-refractivity contribution in [3.8, 4) is 0 Å². The minimum Gasteiger partial charge on any atom is -0.453 e. The van der Waals surface area contributed by atoms with Crippen molar-refractivity contribution >= 4 is 17.8 Å². The van der Waals surface area contributed by atoms with Gasteiger partial charge in [0, 0.05) is 66.6 Å². The fraction of sp³-hybridized carbons (Fsp3) is 0.814. The van der Waals surface area contributed by atoms with Gasteiger partial charge in [0.15, 0.2) is 37.2 Å². The zero-order chi connectivity index (χ0) is 64.5. The number of allylic oxidation sites excluding steroid dienone is 3. The third kappa shape index (κ3) is 13.2. The Labute approximate surface area is 528 Å². The maximum atomic E-state index is 16.4. The molecule has 6 heterocycles. The lowest BCUT2D eigenvalue weighted by molar-refractivity contribution is -0.584. The Balaban J connectivity index is 0.876. The van der Waals surface area contributed by atoms with Gasteiger partial charge in [0.05, 0.1) is 74.6 Å². The molecular weight excluding hydrogens is 1140 g/mol. The number of hydrogen-bond donors (Lipinski definition) is 1. The van der Waals surface area contributed by atoms with E-state index >= 15 is 4.79 Å². The summed E-state index contributed by atoms with van der Waals surface area (Å²) in [4.78, 5) is 56.3. The quantitative estimate of drug-likeness (QED) is 0.0631. The molecule has 0 aromatic rings. The molecule has 1 spiro atoms. The lowest BCUT2D eigenvalue weighted by Crippen LogP contribution is -2.65. The number of esters is 1. The van der Waals surface area contributed by atoms with E-state index in [0.717, 1.165) is 42.4 Å². The van der Waals surface area contributed by atoms with Gasteiger partial charge in [-0.25, -0.2) is 9.59 Å². The standard InChI is InChI=1S/C70H106N2O17/c1-34-27-37(4)51-29-38(5)52(84-59-33-68(16,72(76)77)64(48(15)83-59)71-67(75)78-18)23-19-36(3)50-22-21-49-61(69(50,17)65(73)60-43(10)70(51,32-34)89-66(60)74)39(6)28-40(7)63(49)88-58-31-54(42(9)45(12)80-58)86-55-26-24-53(46(13)81-55)85-57-30-41(8)62(47(14)82-57)87-56-25-20-35(2)44(11)79-56/h19,21-22,27,29,35,37,39-42,44-59,61-64H,20,23-26,28,30-33H2,1-18H3,(H,71,75)/b36-19+,38-29+. The van der Waals surface area contributed by atoms with E-state index in [9.17, 15) is 19.7 Å². The second-order valence-electron chi connectivity index (χ2n) is 29.6. The summed E-state index contributed by atoms with van der Waals surface area (Å²) < 4.78 is 78.5. The Hall–Kier alpha value is -3.89. The molecule has 6 fully saturated rings.